The van der Waals surface area contributed by atoms with Crippen LogP contribution < -0.4 is 5.32 Å². The van der Waals surface area contributed by atoms with Crippen molar-refractivity contribution in [2.24, 2.45) is 5.92 Å². The lowest BCUT2D eigenvalue weighted by Crippen LogP contribution is -2.45. The summed E-state index contributed by atoms with van der Waals surface area (Å²) in [5.74, 6) is -0.228. The molecule has 1 N–H and O–H groups in total. The molecule has 1 aliphatic carbocycles. The van der Waals surface area contributed by atoms with Gasteiger partial charge in [-0.05, 0) is 31.2 Å². The van der Waals surface area contributed by atoms with E-state index in [-0.39, 0.29) is 36.6 Å². The Morgan fingerprint density at radius 3 is 2.43 bits per heavy atom. The average molecular weight is 412 g/mol. The molecule has 1 saturated carbocycles. The van der Waals surface area contributed by atoms with E-state index in [0.29, 0.717) is 32.2 Å². The van der Waals surface area contributed by atoms with Crippen LogP contribution in [0.4, 0.5) is 0 Å². The summed E-state index contributed by atoms with van der Waals surface area (Å²) in [6.07, 6.45) is 5.91. The highest BCUT2D eigenvalue weighted by Crippen LogP contribution is 2.33. The minimum atomic E-state index is -0.382. The monoisotopic (exact) mass is 411 g/mol. The van der Waals surface area contributed by atoms with E-state index in [4.69, 9.17) is 4.74 Å². The second-order valence-corrected chi connectivity index (χ2v) is 8.50. The van der Waals surface area contributed by atoms with Crippen LogP contribution in [0.25, 0.3) is 0 Å². The van der Waals surface area contributed by atoms with Gasteiger partial charge < -0.3 is 15.0 Å². The Morgan fingerprint density at radius 2 is 1.80 bits per heavy atom. The number of nitrogens with one attached hydrogen (secondary N) is 1. The van der Waals surface area contributed by atoms with Crippen LogP contribution in [0.15, 0.2) is 24.3 Å². The Hall–Kier alpha value is -2.39. The zero-order valence-corrected chi connectivity index (χ0v) is 17.9. The van der Waals surface area contributed by atoms with E-state index in [1.807, 2.05) is 31.2 Å². The Kier molecular flexibility index (Phi) is 8.27. The molecular weight excluding hydrogens is 378 g/mol. The molecule has 2 atom stereocenters. The number of aryl methyl sites for hydroxylation is 1. The van der Waals surface area contributed by atoms with Crippen molar-refractivity contribution in [2.75, 3.05) is 26.3 Å². The summed E-state index contributed by atoms with van der Waals surface area (Å²) in [7, 11) is 0. The van der Waals surface area contributed by atoms with Crippen LogP contribution >= 0.6 is 0 Å². The van der Waals surface area contributed by atoms with Gasteiger partial charge in [-0.15, -0.1) is 0 Å². The van der Waals surface area contributed by atoms with Gasteiger partial charge in [-0.3, -0.25) is 9.59 Å². The van der Waals surface area contributed by atoms with Gasteiger partial charge in [0.25, 0.3) is 0 Å². The van der Waals surface area contributed by atoms with Gasteiger partial charge >= 0.3 is 0 Å². The summed E-state index contributed by atoms with van der Waals surface area (Å²) in [6.45, 7) is 4.32. The molecule has 6 nitrogen and oxygen atoms in total. The van der Waals surface area contributed by atoms with Gasteiger partial charge in [0.1, 0.15) is 0 Å². The Labute approximate surface area is 179 Å². The Morgan fingerprint density at radius 1 is 1.13 bits per heavy atom. The van der Waals surface area contributed by atoms with Crippen LogP contribution in [0, 0.1) is 24.2 Å². The summed E-state index contributed by atoms with van der Waals surface area (Å²) >= 11 is 0. The third-order valence-corrected chi connectivity index (χ3v) is 6.35. The van der Waals surface area contributed by atoms with Gasteiger partial charge in [0, 0.05) is 25.9 Å². The summed E-state index contributed by atoms with van der Waals surface area (Å²) < 4.78 is 5.28. The summed E-state index contributed by atoms with van der Waals surface area (Å²) in [6, 6.07) is 10.2. The second kappa shape index (κ2) is 11.1. The number of nitrogens with zero attached hydrogens (tertiary/aromatic N) is 2. The molecule has 2 aliphatic rings. The summed E-state index contributed by atoms with van der Waals surface area (Å²) in [5.41, 5.74) is 2.10. The van der Waals surface area contributed by atoms with Gasteiger partial charge in [-0.25, -0.2) is 0 Å². The third-order valence-electron chi connectivity index (χ3n) is 6.35. The molecule has 1 aliphatic heterocycles. The molecule has 162 valence electrons. The van der Waals surface area contributed by atoms with E-state index in [0.717, 1.165) is 36.8 Å². The number of hydrogen-bond acceptors (Lipinski definition) is 4. The molecule has 3 rings (SSSR count). The number of carbonyl (C=O) groups excluding carboxylic acids is 2. The molecule has 1 heterocycles. The molecule has 1 aromatic rings. The molecule has 1 aromatic carbocycles. The smallest absolute Gasteiger partial charge is 0.223 e. The molecule has 0 aromatic heterocycles. The van der Waals surface area contributed by atoms with Crippen molar-refractivity contribution in [3.05, 3.63) is 35.4 Å². The van der Waals surface area contributed by atoms with Crippen LogP contribution in [0.2, 0.25) is 0 Å². The van der Waals surface area contributed by atoms with Gasteiger partial charge in [-0.2, -0.15) is 5.26 Å². The van der Waals surface area contributed by atoms with Gasteiger partial charge in [0.2, 0.25) is 11.8 Å². The van der Waals surface area contributed by atoms with Gasteiger partial charge in [-0.1, -0.05) is 49.1 Å². The predicted molar refractivity (Wildman–Crippen MR) is 115 cm³/mol. The fourth-order valence-corrected chi connectivity index (χ4v) is 4.55. The maximum absolute atomic E-state index is 12.8. The lowest BCUT2D eigenvalue weighted by Gasteiger charge is -2.34. The van der Waals surface area contributed by atoms with Crippen molar-refractivity contribution in [3.8, 4) is 6.07 Å². The van der Waals surface area contributed by atoms with Crippen molar-refractivity contribution in [3.63, 3.8) is 0 Å². The van der Waals surface area contributed by atoms with Crippen molar-refractivity contribution in [2.45, 2.75) is 63.8 Å². The highest BCUT2D eigenvalue weighted by molar-refractivity contribution is 5.84. The lowest BCUT2D eigenvalue weighted by molar-refractivity contribution is -0.137. The van der Waals surface area contributed by atoms with Crippen LogP contribution in [-0.2, 0) is 14.3 Å². The number of morpholine rings is 1. The number of amides is 2. The minimum absolute atomic E-state index is 0.00182. The summed E-state index contributed by atoms with van der Waals surface area (Å²) in [4.78, 5) is 26.9. The predicted octanol–water partition coefficient (Wildman–Crippen LogP) is 3.31. The zero-order chi connectivity index (χ0) is 21.3. The molecule has 0 radical (unpaired) electrons. The first-order valence-electron chi connectivity index (χ1n) is 11.2. The molecule has 2 amide bonds. The molecule has 1 saturated heterocycles. The summed E-state index contributed by atoms with van der Waals surface area (Å²) in [5, 5.41) is 13.1. The standard InChI is InChI=1S/C24H33N3O3/c1-18-7-9-19(10-8-18)21(17-25)24(20-5-3-2-4-6-20)26-22(28)11-12-23(29)27-13-15-30-16-14-27/h7-10,20-21,24H,2-6,11-16H2,1H3,(H,26,28)/t21-,24+/m0/s1. The first-order chi connectivity index (χ1) is 14.6. The van der Waals surface area contributed by atoms with Crippen molar-refractivity contribution >= 4 is 11.8 Å². The Bertz CT molecular complexity index is 744. The SMILES string of the molecule is Cc1ccc([C@H](C#N)[C@H](NC(=O)CCC(=O)N2CCOCC2)C2CCCCC2)cc1. The average Bonchev–Trinajstić information content (AvgIpc) is 2.79. The number of nitriles is 1. The lowest BCUT2D eigenvalue weighted by atomic mass is 9.76. The van der Waals surface area contributed by atoms with Crippen molar-refractivity contribution < 1.29 is 14.3 Å². The molecule has 0 unspecified atom stereocenters. The molecule has 2 fully saturated rings. The maximum Gasteiger partial charge on any atom is 0.223 e. The van der Waals surface area contributed by atoms with E-state index < -0.39 is 0 Å². The van der Waals surface area contributed by atoms with Gasteiger partial charge in [0.05, 0.1) is 31.2 Å². The minimum Gasteiger partial charge on any atom is -0.378 e. The first kappa shape index (κ1) is 22.3. The van der Waals surface area contributed by atoms with Crippen LogP contribution in [0.1, 0.15) is 62.0 Å². The van der Waals surface area contributed by atoms with Crippen molar-refractivity contribution in [1.29, 1.82) is 5.26 Å². The van der Waals surface area contributed by atoms with Crippen LogP contribution in [0.3, 0.4) is 0 Å². The zero-order valence-electron chi connectivity index (χ0n) is 17.9. The molecule has 6 heteroatoms. The number of hydrogen-bond donors (Lipinski definition) is 1. The van der Waals surface area contributed by atoms with Gasteiger partial charge in [0.15, 0.2) is 0 Å². The van der Waals surface area contributed by atoms with E-state index in [1.165, 1.54) is 6.42 Å². The number of carbonyl (C=O) groups is 2. The largest absolute Gasteiger partial charge is 0.378 e. The number of benzene rings is 1. The highest BCUT2D eigenvalue weighted by Gasteiger charge is 2.33. The first-order valence-corrected chi connectivity index (χ1v) is 11.2. The topological polar surface area (TPSA) is 82.4 Å². The molecule has 30 heavy (non-hydrogen) atoms. The molecular formula is C24H33N3O3. The molecule has 0 bridgehead atoms. The van der Waals surface area contributed by atoms with Crippen LogP contribution in [-0.4, -0.2) is 49.1 Å². The Balaban J connectivity index is 1.65. The second-order valence-electron chi connectivity index (χ2n) is 8.50. The fourth-order valence-electron chi connectivity index (χ4n) is 4.55. The van der Waals surface area contributed by atoms with E-state index in [9.17, 15) is 14.9 Å². The molecule has 0 spiro atoms. The quantitative estimate of drug-likeness (QED) is 0.746. The fraction of sp³-hybridized carbons (Fsp3) is 0.625. The highest BCUT2D eigenvalue weighted by atomic mass is 16.5. The maximum atomic E-state index is 12.8. The third kappa shape index (κ3) is 6.06. The van der Waals surface area contributed by atoms with Crippen LogP contribution in [0.5, 0.6) is 0 Å². The normalized spacial score (nSPS) is 19.5. The number of ether oxygens (including phenoxy) is 1. The van der Waals surface area contributed by atoms with E-state index in [2.05, 4.69) is 11.4 Å². The van der Waals surface area contributed by atoms with Crippen molar-refractivity contribution in [1.82, 2.24) is 10.2 Å². The van der Waals surface area contributed by atoms with E-state index in [1.54, 1.807) is 4.90 Å². The van der Waals surface area contributed by atoms with E-state index >= 15 is 0 Å². The number of rotatable bonds is 7.